The highest BCUT2D eigenvalue weighted by Crippen LogP contribution is 2.22. The standard InChI is InChI=1S/C21H22N2O/c1-15-18-10-6-7-11-20(18)23-16(2)19(15)14-21(24)22-13-12-17-8-4-3-5-9-17/h3-11H,12-14H2,1-2H3,(H,22,24). The third-order valence-electron chi connectivity index (χ3n) is 4.40. The van der Waals surface area contributed by atoms with Crippen molar-refractivity contribution in [2.24, 2.45) is 0 Å². The lowest BCUT2D eigenvalue weighted by Gasteiger charge is -2.12. The van der Waals surface area contributed by atoms with Crippen LogP contribution in [0.3, 0.4) is 0 Å². The normalized spacial score (nSPS) is 10.8. The number of pyridine rings is 1. The lowest BCUT2D eigenvalue weighted by Crippen LogP contribution is -2.27. The van der Waals surface area contributed by atoms with Crippen molar-refractivity contribution in [3.63, 3.8) is 0 Å². The fourth-order valence-corrected chi connectivity index (χ4v) is 3.04. The van der Waals surface area contributed by atoms with E-state index >= 15 is 0 Å². The van der Waals surface area contributed by atoms with E-state index in [0.29, 0.717) is 13.0 Å². The summed E-state index contributed by atoms with van der Waals surface area (Å²) in [5, 5.41) is 4.14. The molecule has 0 unspecified atom stereocenters. The summed E-state index contributed by atoms with van der Waals surface area (Å²) < 4.78 is 0. The molecule has 1 N–H and O–H groups in total. The number of fused-ring (bicyclic) bond motifs is 1. The van der Waals surface area contributed by atoms with Gasteiger partial charge in [-0.05, 0) is 43.0 Å². The minimum Gasteiger partial charge on any atom is -0.355 e. The molecule has 0 spiro atoms. The summed E-state index contributed by atoms with van der Waals surface area (Å²) in [4.78, 5) is 16.9. The second-order valence-electron chi connectivity index (χ2n) is 6.08. The maximum atomic E-state index is 12.3. The monoisotopic (exact) mass is 318 g/mol. The van der Waals surface area contributed by atoms with Crippen LogP contribution in [0.4, 0.5) is 0 Å². The van der Waals surface area contributed by atoms with E-state index in [1.165, 1.54) is 5.56 Å². The lowest BCUT2D eigenvalue weighted by atomic mass is 9.99. The van der Waals surface area contributed by atoms with Crippen LogP contribution >= 0.6 is 0 Å². The highest BCUT2D eigenvalue weighted by Gasteiger charge is 2.12. The number of aryl methyl sites for hydroxylation is 2. The largest absolute Gasteiger partial charge is 0.355 e. The van der Waals surface area contributed by atoms with Gasteiger partial charge in [0.05, 0.1) is 11.9 Å². The van der Waals surface area contributed by atoms with Crippen molar-refractivity contribution < 1.29 is 4.79 Å². The second kappa shape index (κ2) is 7.26. The number of carbonyl (C=O) groups excluding carboxylic acids is 1. The number of nitrogens with zero attached hydrogens (tertiary/aromatic N) is 1. The lowest BCUT2D eigenvalue weighted by molar-refractivity contribution is -0.120. The van der Waals surface area contributed by atoms with Crippen molar-refractivity contribution in [1.29, 1.82) is 0 Å². The number of rotatable bonds is 5. The Balaban J connectivity index is 1.67. The SMILES string of the molecule is Cc1nc2ccccc2c(C)c1CC(=O)NCCc1ccccc1. The average molecular weight is 318 g/mol. The van der Waals surface area contributed by atoms with Crippen LogP contribution in [-0.4, -0.2) is 17.4 Å². The topological polar surface area (TPSA) is 42.0 Å². The number of carbonyl (C=O) groups is 1. The molecule has 0 atom stereocenters. The first-order valence-corrected chi connectivity index (χ1v) is 8.30. The van der Waals surface area contributed by atoms with Gasteiger partial charge in [-0.3, -0.25) is 9.78 Å². The molecule has 1 heterocycles. The van der Waals surface area contributed by atoms with Crippen molar-refractivity contribution >= 4 is 16.8 Å². The Hall–Kier alpha value is -2.68. The predicted molar refractivity (Wildman–Crippen MR) is 98.1 cm³/mol. The van der Waals surface area contributed by atoms with Crippen LogP contribution in [0.2, 0.25) is 0 Å². The molecule has 122 valence electrons. The summed E-state index contributed by atoms with van der Waals surface area (Å²) in [6.07, 6.45) is 1.23. The highest BCUT2D eigenvalue weighted by atomic mass is 16.1. The molecule has 3 rings (SSSR count). The van der Waals surface area contributed by atoms with Crippen LogP contribution < -0.4 is 5.32 Å². The third kappa shape index (κ3) is 3.62. The minimum atomic E-state index is 0.0502. The van der Waals surface area contributed by atoms with Crippen molar-refractivity contribution in [2.45, 2.75) is 26.7 Å². The van der Waals surface area contributed by atoms with E-state index in [-0.39, 0.29) is 5.91 Å². The van der Waals surface area contributed by atoms with Gasteiger partial charge in [0.2, 0.25) is 5.91 Å². The summed E-state index contributed by atoms with van der Waals surface area (Å²) >= 11 is 0. The zero-order chi connectivity index (χ0) is 16.9. The number of hydrogen-bond donors (Lipinski definition) is 1. The first-order valence-electron chi connectivity index (χ1n) is 8.30. The molecule has 3 heteroatoms. The summed E-state index contributed by atoms with van der Waals surface area (Å²) in [5.41, 5.74) is 5.34. The molecule has 1 aromatic heterocycles. The zero-order valence-electron chi connectivity index (χ0n) is 14.2. The van der Waals surface area contributed by atoms with Gasteiger partial charge in [-0.15, -0.1) is 0 Å². The van der Waals surface area contributed by atoms with Gasteiger partial charge >= 0.3 is 0 Å². The first-order chi connectivity index (χ1) is 11.6. The number of aromatic nitrogens is 1. The molecular formula is C21H22N2O. The van der Waals surface area contributed by atoms with Gasteiger partial charge in [-0.1, -0.05) is 48.5 Å². The van der Waals surface area contributed by atoms with Crippen molar-refractivity contribution in [3.05, 3.63) is 77.0 Å². The summed E-state index contributed by atoms with van der Waals surface area (Å²) in [6, 6.07) is 18.3. The summed E-state index contributed by atoms with van der Waals surface area (Å²) in [6.45, 7) is 4.71. The molecule has 0 radical (unpaired) electrons. The quantitative estimate of drug-likeness (QED) is 0.778. The number of amides is 1. The maximum absolute atomic E-state index is 12.3. The van der Waals surface area contributed by atoms with Crippen LogP contribution in [0.15, 0.2) is 54.6 Å². The van der Waals surface area contributed by atoms with Crippen LogP contribution in [0, 0.1) is 13.8 Å². The Morgan fingerprint density at radius 2 is 1.71 bits per heavy atom. The fourth-order valence-electron chi connectivity index (χ4n) is 3.04. The molecule has 3 aromatic rings. The maximum Gasteiger partial charge on any atom is 0.224 e. The Morgan fingerprint density at radius 3 is 2.50 bits per heavy atom. The minimum absolute atomic E-state index is 0.0502. The Bertz CT molecular complexity index is 856. The molecule has 0 fully saturated rings. The first kappa shape index (κ1) is 16.2. The van der Waals surface area contributed by atoms with Crippen LogP contribution in [0.25, 0.3) is 10.9 Å². The number of nitrogens with one attached hydrogen (secondary N) is 1. The van der Waals surface area contributed by atoms with E-state index in [1.807, 2.05) is 43.3 Å². The average Bonchev–Trinajstić information content (AvgIpc) is 2.59. The molecule has 0 saturated carbocycles. The Labute approximate surface area is 142 Å². The number of hydrogen-bond acceptors (Lipinski definition) is 2. The predicted octanol–water partition coefficient (Wildman–Crippen LogP) is 3.75. The van der Waals surface area contributed by atoms with E-state index in [1.54, 1.807) is 0 Å². The van der Waals surface area contributed by atoms with Gasteiger partial charge in [0.15, 0.2) is 0 Å². The van der Waals surface area contributed by atoms with Gasteiger partial charge in [0.1, 0.15) is 0 Å². The van der Waals surface area contributed by atoms with Gasteiger partial charge < -0.3 is 5.32 Å². The van der Waals surface area contributed by atoms with Crippen molar-refractivity contribution in [2.75, 3.05) is 6.54 Å². The zero-order valence-corrected chi connectivity index (χ0v) is 14.2. The molecule has 1 amide bonds. The van der Waals surface area contributed by atoms with E-state index in [4.69, 9.17) is 0 Å². The highest BCUT2D eigenvalue weighted by molar-refractivity contribution is 5.86. The second-order valence-corrected chi connectivity index (χ2v) is 6.08. The molecule has 0 aliphatic carbocycles. The van der Waals surface area contributed by atoms with Gasteiger partial charge in [0, 0.05) is 17.6 Å². The molecule has 0 aliphatic heterocycles. The molecule has 24 heavy (non-hydrogen) atoms. The molecule has 3 nitrogen and oxygen atoms in total. The van der Waals surface area contributed by atoms with Gasteiger partial charge in [-0.2, -0.15) is 0 Å². The molecule has 0 bridgehead atoms. The van der Waals surface area contributed by atoms with E-state index < -0.39 is 0 Å². The smallest absolute Gasteiger partial charge is 0.224 e. The van der Waals surface area contributed by atoms with Crippen LogP contribution in [0.1, 0.15) is 22.4 Å². The van der Waals surface area contributed by atoms with Crippen LogP contribution in [-0.2, 0) is 17.6 Å². The molecule has 0 aliphatic rings. The van der Waals surface area contributed by atoms with Gasteiger partial charge in [0.25, 0.3) is 0 Å². The number of benzene rings is 2. The summed E-state index contributed by atoms with van der Waals surface area (Å²) in [7, 11) is 0. The van der Waals surface area contributed by atoms with Gasteiger partial charge in [-0.25, -0.2) is 0 Å². The van der Waals surface area contributed by atoms with E-state index in [0.717, 1.165) is 34.1 Å². The molecule has 2 aromatic carbocycles. The van der Waals surface area contributed by atoms with Crippen molar-refractivity contribution in [3.8, 4) is 0 Å². The third-order valence-corrected chi connectivity index (χ3v) is 4.40. The van der Waals surface area contributed by atoms with E-state index in [2.05, 4.69) is 35.4 Å². The molecular weight excluding hydrogens is 296 g/mol. The number of para-hydroxylation sites is 1. The molecule has 0 saturated heterocycles. The Kier molecular flexibility index (Phi) is 4.90. The van der Waals surface area contributed by atoms with Crippen molar-refractivity contribution in [1.82, 2.24) is 10.3 Å². The van der Waals surface area contributed by atoms with E-state index in [9.17, 15) is 4.79 Å². The van der Waals surface area contributed by atoms with Crippen LogP contribution in [0.5, 0.6) is 0 Å². The summed E-state index contributed by atoms with van der Waals surface area (Å²) in [5.74, 6) is 0.0502. The Morgan fingerprint density at radius 1 is 1.00 bits per heavy atom. The fraction of sp³-hybridized carbons (Fsp3) is 0.238.